The highest BCUT2D eigenvalue weighted by Crippen LogP contribution is 2.21. The minimum absolute atomic E-state index is 0.373. The molecule has 1 amide bonds. The van der Waals surface area contributed by atoms with E-state index in [4.69, 9.17) is 5.73 Å². The molecule has 0 radical (unpaired) electrons. The summed E-state index contributed by atoms with van der Waals surface area (Å²) in [6, 6.07) is 19.2. The SMILES string of the molecule is Cc1ccc(-n2nc(-c3ccccc3)cc2C(N)=O)cc1. The molecule has 0 saturated heterocycles. The van der Waals surface area contributed by atoms with Crippen LogP contribution in [0, 0.1) is 6.92 Å². The van der Waals surface area contributed by atoms with E-state index in [0.29, 0.717) is 5.69 Å². The normalized spacial score (nSPS) is 10.5. The number of benzene rings is 2. The van der Waals surface area contributed by atoms with Crippen molar-refractivity contribution in [1.82, 2.24) is 9.78 Å². The lowest BCUT2D eigenvalue weighted by Gasteiger charge is -2.05. The van der Waals surface area contributed by atoms with Gasteiger partial charge in [-0.1, -0.05) is 48.0 Å². The van der Waals surface area contributed by atoms with E-state index in [-0.39, 0.29) is 0 Å². The van der Waals surface area contributed by atoms with E-state index in [2.05, 4.69) is 5.10 Å². The molecule has 0 aliphatic heterocycles. The molecule has 2 N–H and O–H groups in total. The molecule has 0 aliphatic rings. The number of nitrogens with two attached hydrogens (primary N) is 1. The predicted octanol–water partition coefficient (Wildman–Crippen LogP) is 2.95. The first-order valence-corrected chi connectivity index (χ1v) is 6.67. The first-order chi connectivity index (χ1) is 10.1. The summed E-state index contributed by atoms with van der Waals surface area (Å²) >= 11 is 0. The van der Waals surface area contributed by atoms with Gasteiger partial charge in [-0.25, -0.2) is 4.68 Å². The fraction of sp³-hybridized carbons (Fsp3) is 0.0588. The Hall–Kier alpha value is -2.88. The van der Waals surface area contributed by atoms with Gasteiger partial charge in [-0.05, 0) is 25.1 Å². The first-order valence-electron chi connectivity index (χ1n) is 6.67. The van der Waals surface area contributed by atoms with Crippen LogP contribution in [0.1, 0.15) is 16.1 Å². The van der Waals surface area contributed by atoms with Crippen molar-refractivity contribution in [2.24, 2.45) is 5.73 Å². The highest BCUT2D eigenvalue weighted by molar-refractivity contribution is 5.93. The van der Waals surface area contributed by atoms with Crippen LogP contribution >= 0.6 is 0 Å². The zero-order chi connectivity index (χ0) is 14.8. The van der Waals surface area contributed by atoms with Crippen molar-refractivity contribution < 1.29 is 4.79 Å². The highest BCUT2D eigenvalue weighted by atomic mass is 16.1. The quantitative estimate of drug-likeness (QED) is 0.800. The average Bonchev–Trinajstić information content (AvgIpc) is 2.94. The van der Waals surface area contributed by atoms with Gasteiger partial charge in [-0.2, -0.15) is 5.10 Å². The number of aryl methyl sites for hydroxylation is 1. The Morgan fingerprint density at radius 2 is 1.71 bits per heavy atom. The molecule has 2 aromatic carbocycles. The molecule has 1 aromatic heterocycles. The molecule has 3 aromatic rings. The third-order valence-electron chi connectivity index (χ3n) is 3.31. The molecular formula is C17H15N3O. The van der Waals surface area contributed by atoms with Crippen LogP contribution in [0.5, 0.6) is 0 Å². The molecule has 0 fully saturated rings. The van der Waals surface area contributed by atoms with E-state index >= 15 is 0 Å². The number of carbonyl (C=O) groups excluding carboxylic acids is 1. The second-order valence-corrected chi connectivity index (χ2v) is 4.89. The van der Waals surface area contributed by atoms with Gasteiger partial charge in [0.15, 0.2) is 0 Å². The number of nitrogens with zero attached hydrogens (tertiary/aromatic N) is 2. The summed E-state index contributed by atoms with van der Waals surface area (Å²) in [5.74, 6) is -0.495. The Morgan fingerprint density at radius 3 is 2.33 bits per heavy atom. The molecule has 0 atom stereocenters. The Bertz CT molecular complexity index is 774. The van der Waals surface area contributed by atoms with E-state index in [9.17, 15) is 4.79 Å². The maximum atomic E-state index is 11.7. The summed E-state index contributed by atoms with van der Waals surface area (Å²) in [5.41, 5.74) is 9.49. The summed E-state index contributed by atoms with van der Waals surface area (Å²) in [6.45, 7) is 2.01. The predicted molar refractivity (Wildman–Crippen MR) is 82.3 cm³/mol. The smallest absolute Gasteiger partial charge is 0.267 e. The minimum atomic E-state index is -0.495. The third kappa shape index (κ3) is 2.56. The zero-order valence-corrected chi connectivity index (χ0v) is 11.7. The van der Waals surface area contributed by atoms with Gasteiger partial charge < -0.3 is 5.73 Å². The standard InChI is InChI=1S/C17H15N3O/c1-12-7-9-14(10-8-12)20-16(17(18)21)11-15(19-20)13-5-3-2-4-6-13/h2-11H,1H3,(H2,18,21). The molecule has 3 rings (SSSR count). The van der Waals surface area contributed by atoms with Crippen molar-refractivity contribution in [3.63, 3.8) is 0 Å². The molecule has 104 valence electrons. The van der Waals surface area contributed by atoms with Crippen LogP contribution in [-0.4, -0.2) is 15.7 Å². The average molecular weight is 277 g/mol. The molecule has 21 heavy (non-hydrogen) atoms. The van der Waals surface area contributed by atoms with Crippen molar-refractivity contribution in [2.45, 2.75) is 6.92 Å². The Kier molecular flexibility index (Phi) is 3.28. The first kappa shape index (κ1) is 13.1. The maximum absolute atomic E-state index is 11.7. The fourth-order valence-corrected chi connectivity index (χ4v) is 2.19. The summed E-state index contributed by atoms with van der Waals surface area (Å²) in [7, 11) is 0. The van der Waals surface area contributed by atoms with Gasteiger partial charge >= 0.3 is 0 Å². The number of hydrogen-bond donors (Lipinski definition) is 1. The van der Waals surface area contributed by atoms with Crippen molar-refractivity contribution in [3.05, 3.63) is 71.9 Å². The summed E-state index contributed by atoms with van der Waals surface area (Å²) in [6.07, 6.45) is 0. The van der Waals surface area contributed by atoms with Gasteiger partial charge in [-0.3, -0.25) is 4.79 Å². The van der Waals surface area contributed by atoms with Crippen LogP contribution in [0.3, 0.4) is 0 Å². The van der Waals surface area contributed by atoms with Crippen molar-refractivity contribution in [2.75, 3.05) is 0 Å². The summed E-state index contributed by atoms with van der Waals surface area (Å²) < 4.78 is 1.59. The number of amides is 1. The van der Waals surface area contributed by atoms with Gasteiger partial charge in [0.1, 0.15) is 5.69 Å². The van der Waals surface area contributed by atoms with Crippen LogP contribution in [0.15, 0.2) is 60.7 Å². The highest BCUT2D eigenvalue weighted by Gasteiger charge is 2.14. The lowest BCUT2D eigenvalue weighted by atomic mass is 10.1. The Balaban J connectivity index is 2.14. The van der Waals surface area contributed by atoms with Gasteiger partial charge in [0.05, 0.1) is 11.4 Å². The van der Waals surface area contributed by atoms with Gasteiger partial charge in [0, 0.05) is 5.56 Å². The van der Waals surface area contributed by atoms with E-state index in [1.54, 1.807) is 10.7 Å². The lowest BCUT2D eigenvalue weighted by molar-refractivity contribution is 0.0993. The number of hydrogen-bond acceptors (Lipinski definition) is 2. The van der Waals surface area contributed by atoms with E-state index in [1.807, 2.05) is 61.5 Å². The van der Waals surface area contributed by atoms with Crippen LogP contribution in [0.4, 0.5) is 0 Å². The summed E-state index contributed by atoms with van der Waals surface area (Å²) in [4.78, 5) is 11.7. The van der Waals surface area contributed by atoms with E-state index in [1.165, 1.54) is 0 Å². The zero-order valence-electron chi connectivity index (χ0n) is 11.7. The van der Waals surface area contributed by atoms with Crippen molar-refractivity contribution in [1.29, 1.82) is 0 Å². The molecule has 4 nitrogen and oxygen atoms in total. The second-order valence-electron chi connectivity index (χ2n) is 4.89. The molecule has 4 heteroatoms. The largest absolute Gasteiger partial charge is 0.364 e. The van der Waals surface area contributed by atoms with Crippen LogP contribution in [0.25, 0.3) is 16.9 Å². The fourth-order valence-electron chi connectivity index (χ4n) is 2.19. The van der Waals surface area contributed by atoms with Crippen LogP contribution in [0.2, 0.25) is 0 Å². The maximum Gasteiger partial charge on any atom is 0.267 e. The van der Waals surface area contributed by atoms with Gasteiger partial charge in [0.2, 0.25) is 0 Å². The van der Waals surface area contributed by atoms with Crippen LogP contribution < -0.4 is 5.73 Å². The number of rotatable bonds is 3. The lowest BCUT2D eigenvalue weighted by Crippen LogP contribution is -2.16. The monoisotopic (exact) mass is 277 g/mol. The molecule has 0 aliphatic carbocycles. The molecule has 0 bridgehead atoms. The molecular weight excluding hydrogens is 262 g/mol. The Labute approximate surface area is 122 Å². The van der Waals surface area contributed by atoms with Gasteiger partial charge in [0.25, 0.3) is 5.91 Å². The van der Waals surface area contributed by atoms with E-state index in [0.717, 1.165) is 22.5 Å². The third-order valence-corrected chi connectivity index (χ3v) is 3.31. The molecule has 0 saturated carbocycles. The van der Waals surface area contributed by atoms with E-state index < -0.39 is 5.91 Å². The summed E-state index contributed by atoms with van der Waals surface area (Å²) in [5, 5.41) is 4.52. The Morgan fingerprint density at radius 1 is 1.05 bits per heavy atom. The molecule has 0 spiro atoms. The second kappa shape index (κ2) is 5.25. The molecule has 0 unspecified atom stereocenters. The number of carbonyl (C=O) groups is 1. The van der Waals surface area contributed by atoms with Crippen molar-refractivity contribution >= 4 is 5.91 Å². The van der Waals surface area contributed by atoms with Gasteiger partial charge in [-0.15, -0.1) is 0 Å². The number of primary amides is 1. The van der Waals surface area contributed by atoms with Crippen molar-refractivity contribution in [3.8, 4) is 16.9 Å². The topological polar surface area (TPSA) is 60.9 Å². The minimum Gasteiger partial charge on any atom is -0.364 e. The molecule has 1 heterocycles. The number of aromatic nitrogens is 2. The van der Waals surface area contributed by atoms with Crippen LogP contribution in [-0.2, 0) is 0 Å².